The number of halogens is 2. The van der Waals surface area contributed by atoms with E-state index in [9.17, 15) is 18.4 Å². The zero-order chi connectivity index (χ0) is 23.9. The number of amides is 2. The molecule has 0 aliphatic carbocycles. The molecule has 0 aliphatic heterocycles. The molecule has 0 spiro atoms. The molecule has 2 amide bonds. The van der Waals surface area contributed by atoms with Gasteiger partial charge in [0.2, 0.25) is 11.8 Å². The lowest BCUT2D eigenvalue weighted by molar-refractivity contribution is -0.122. The van der Waals surface area contributed by atoms with Crippen LogP contribution in [0, 0.1) is 11.6 Å². The highest BCUT2D eigenvalue weighted by Gasteiger charge is 2.17. The van der Waals surface area contributed by atoms with Crippen molar-refractivity contribution >= 4 is 40.6 Å². The lowest BCUT2D eigenvalue weighted by atomic mass is 10.3. The van der Waals surface area contributed by atoms with Crippen LogP contribution < -0.4 is 10.6 Å². The van der Waals surface area contributed by atoms with Gasteiger partial charge in [-0.15, -0.1) is 21.5 Å². The molecule has 2 N–H and O–H groups in total. The number of para-hydroxylation sites is 1. The van der Waals surface area contributed by atoms with Crippen LogP contribution in [0.15, 0.2) is 71.2 Å². The van der Waals surface area contributed by atoms with Crippen molar-refractivity contribution in [1.82, 2.24) is 20.1 Å². The Kier molecular flexibility index (Phi) is 7.65. The lowest BCUT2D eigenvalue weighted by Crippen LogP contribution is -2.34. The molecular weight excluding hydrogens is 480 g/mol. The molecule has 0 bridgehead atoms. The summed E-state index contributed by atoms with van der Waals surface area (Å²) in [7, 11) is 0. The number of hydrogen-bond acceptors (Lipinski definition) is 6. The van der Waals surface area contributed by atoms with E-state index in [1.165, 1.54) is 17.8 Å². The van der Waals surface area contributed by atoms with Crippen LogP contribution in [0.25, 0.3) is 5.69 Å². The first-order valence-electron chi connectivity index (χ1n) is 10.2. The van der Waals surface area contributed by atoms with Crippen LogP contribution >= 0.6 is 23.1 Å². The number of hydrogen-bond donors (Lipinski definition) is 2. The van der Waals surface area contributed by atoms with Crippen molar-refractivity contribution in [2.45, 2.75) is 11.6 Å². The summed E-state index contributed by atoms with van der Waals surface area (Å²) in [6.45, 7) is -0.312. The van der Waals surface area contributed by atoms with E-state index < -0.39 is 17.5 Å². The normalized spacial score (nSPS) is 10.8. The van der Waals surface area contributed by atoms with Crippen molar-refractivity contribution in [3.63, 3.8) is 0 Å². The van der Waals surface area contributed by atoms with Crippen LogP contribution in [0.3, 0.4) is 0 Å². The highest BCUT2D eigenvalue weighted by Crippen LogP contribution is 2.24. The van der Waals surface area contributed by atoms with Crippen molar-refractivity contribution in [2.75, 3.05) is 17.6 Å². The van der Waals surface area contributed by atoms with E-state index >= 15 is 0 Å². The quantitative estimate of drug-likeness (QED) is 0.339. The Balaban J connectivity index is 1.36. The van der Waals surface area contributed by atoms with E-state index in [0.717, 1.165) is 28.5 Å². The van der Waals surface area contributed by atoms with Gasteiger partial charge in [0.25, 0.3) is 0 Å². The third-order valence-corrected chi connectivity index (χ3v) is 6.41. The average molecular weight is 500 g/mol. The molecule has 4 aromatic rings. The first kappa shape index (κ1) is 23.6. The fourth-order valence-electron chi connectivity index (χ4n) is 3.05. The molecule has 4 rings (SSSR count). The second kappa shape index (κ2) is 11.0. The molecule has 0 fully saturated rings. The van der Waals surface area contributed by atoms with Crippen molar-refractivity contribution < 1.29 is 18.4 Å². The third kappa shape index (κ3) is 6.06. The van der Waals surface area contributed by atoms with E-state index in [4.69, 9.17) is 0 Å². The number of aromatic nitrogens is 3. The number of rotatable bonds is 9. The lowest BCUT2D eigenvalue weighted by Gasteiger charge is -2.10. The van der Waals surface area contributed by atoms with Gasteiger partial charge in [-0.25, -0.2) is 8.78 Å². The number of thioether (sulfide) groups is 1. The second-order valence-electron chi connectivity index (χ2n) is 7.07. The summed E-state index contributed by atoms with van der Waals surface area (Å²) in [6.07, 6.45) is 0.608. The molecule has 0 unspecified atom stereocenters. The molecule has 174 valence electrons. The fraction of sp³-hybridized carbons (Fsp3) is 0.130. The third-order valence-electron chi connectivity index (χ3n) is 4.61. The zero-order valence-electron chi connectivity index (χ0n) is 17.7. The Morgan fingerprint density at radius 3 is 2.53 bits per heavy atom. The van der Waals surface area contributed by atoms with Gasteiger partial charge in [0.05, 0.1) is 12.3 Å². The summed E-state index contributed by atoms with van der Waals surface area (Å²) < 4.78 is 28.2. The maximum Gasteiger partial charge on any atom is 0.243 e. The van der Waals surface area contributed by atoms with Gasteiger partial charge in [0.15, 0.2) is 16.8 Å². The molecule has 0 saturated heterocycles. The minimum absolute atomic E-state index is 0.0163. The van der Waals surface area contributed by atoms with Gasteiger partial charge in [-0.05, 0) is 35.7 Å². The molecule has 2 heterocycles. The summed E-state index contributed by atoms with van der Waals surface area (Å²) in [5, 5.41) is 16.1. The largest absolute Gasteiger partial charge is 0.346 e. The van der Waals surface area contributed by atoms with Crippen LogP contribution in [-0.4, -0.2) is 38.9 Å². The van der Waals surface area contributed by atoms with E-state index in [1.807, 2.05) is 52.4 Å². The van der Waals surface area contributed by atoms with Gasteiger partial charge in [-0.1, -0.05) is 36.0 Å². The predicted molar refractivity (Wildman–Crippen MR) is 127 cm³/mol. The molecule has 0 aliphatic rings. The average Bonchev–Trinajstić information content (AvgIpc) is 3.49. The standard InChI is InChI=1S/C23H19F2N5O2S2/c24-18-9-8-15(11-19(18)25)27-21(31)13-26-22(32)14-34-23-29-28-20(12-17-7-4-10-33-17)30(23)16-5-2-1-3-6-16/h1-11H,12-14H2,(H,26,32)(H,27,31). The monoisotopic (exact) mass is 499 g/mol. The first-order valence-corrected chi connectivity index (χ1v) is 12.0. The minimum Gasteiger partial charge on any atom is -0.346 e. The summed E-state index contributed by atoms with van der Waals surface area (Å²) >= 11 is 2.83. The van der Waals surface area contributed by atoms with Crippen LogP contribution in [0.4, 0.5) is 14.5 Å². The summed E-state index contributed by atoms with van der Waals surface area (Å²) in [5.74, 6) is -2.25. The molecule has 0 atom stereocenters. The first-order chi connectivity index (χ1) is 16.5. The number of carbonyl (C=O) groups excluding carboxylic acids is 2. The number of nitrogens with zero attached hydrogens (tertiary/aromatic N) is 3. The second-order valence-corrected chi connectivity index (χ2v) is 9.04. The highest BCUT2D eigenvalue weighted by atomic mass is 32.2. The van der Waals surface area contributed by atoms with Crippen molar-refractivity contribution in [3.05, 3.63) is 88.4 Å². The van der Waals surface area contributed by atoms with Crippen LogP contribution in [0.1, 0.15) is 10.7 Å². The molecular formula is C23H19F2N5O2S2. The van der Waals surface area contributed by atoms with Crippen LogP contribution in [0.5, 0.6) is 0 Å². The van der Waals surface area contributed by atoms with Gasteiger partial charge < -0.3 is 10.6 Å². The summed E-state index contributed by atoms with van der Waals surface area (Å²) in [6, 6.07) is 16.6. The Morgan fingerprint density at radius 2 is 1.79 bits per heavy atom. The maximum atomic E-state index is 13.3. The zero-order valence-corrected chi connectivity index (χ0v) is 19.3. The molecule has 2 aromatic carbocycles. The van der Waals surface area contributed by atoms with Gasteiger partial charge in [0.1, 0.15) is 5.82 Å². The topological polar surface area (TPSA) is 88.9 Å². The van der Waals surface area contributed by atoms with E-state index in [0.29, 0.717) is 11.6 Å². The van der Waals surface area contributed by atoms with Crippen molar-refractivity contribution in [1.29, 1.82) is 0 Å². The Hall–Kier alpha value is -3.57. The van der Waals surface area contributed by atoms with E-state index in [2.05, 4.69) is 20.8 Å². The van der Waals surface area contributed by atoms with Gasteiger partial charge in [0, 0.05) is 28.7 Å². The SMILES string of the molecule is O=C(CSc1nnc(Cc2cccs2)n1-c1ccccc1)NCC(=O)Nc1ccc(F)c(F)c1. The van der Waals surface area contributed by atoms with Crippen LogP contribution in [-0.2, 0) is 16.0 Å². The number of benzene rings is 2. The maximum absolute atomic E-state index is 13.3. The molecule has 2 aromatic heterocycles. The van der Waals surface area contributed by atoms with E-state index in [-0.39, 0.29) is 23.9 Å². The number of carbonyl (C=O) groups is 2. The Bertz CT molecular complexity index is 1280. The molecule has 0 saturated carbocycles. The van der Waals surface area contributed by atoms with Gasteiger partial charge >= 0.3 is 0 Å². The summed E-state index contributed by atoms with van der Waals surface area (Å²) in [4.78, 5) is 25.5. The Morgan fingerprint density at radius 1 is 0.971 bits per heavy atom. The van der Waals surface area contributed by atoms with Gasteiger partial charge in [-0.2, -0.15) is 0 Å². The Labute approximate surface area is 202 Å². The molecule has 7 nitrogen and oxygen atoms in total. The number of anilines is 1. The summed E-state index contributed by atoms with van der Waals surface area (Å²) in [5.41, 5.74) is 0.981. The van der Waals surface area contributed by atoms with Crippen molar-refractivity contribution in [3.8, 4) is 5.69 Å². The smallest absolute Gasteiger partial charge is 0.243 e. The van der Waals surface area contributed by atoms with Gasteiger partial charge in [-0.3, -0.25) is 14.2 Å². The molecule has 11 heteroatoms. The van der Waals surface area contributed by atoms with E-state index in [1.54, 1.807) is 11.3 Å². The van der Waals surface area contributed by atoms with Crippen molar-refractivity contribution in [2.24, 2.45) is 0 Å². The highest BCUT2D eigenvalue weighted by molar-refractivity contribution is 7.99. The number of thiophene rings is 1. The minimum atomic E-state index is -1.07. The molecule has 0 radical (unpaired) electrons. The molecule has 34 heavy (non-hydrogen) atoms. The number of nitrogens with one attached hydrogen (secondary N) is 2. The fourth-order valence-corrected chi connectivity index (χ4v) is 4.55. The van der Waals surface area contributed by atoms with Crippen LogP contribution in [0.2, 0.25) is 0 Å². The predicted octanol–water partition coefficient (Wildman–Crippen LogP) is 4.04.